The van der Waals surface area contributed by atoms with Crippen LogP contribution in [0.15, 0.2) is 30.4 Å². The molecule has 0 aromatic heterocycles. The molecule has 1 nitrogen and oxygen atoms in total. The van der Waals surface area contributed by atoms with Crippen molar-refractivity contribution in [3.63, 3.8) is 0 Å². The Labute approximate surface area is 151 Å². The van der Waals surface area contributed by atoms with E-state index in [9.17, 15) is 17.3 Å². The summed E-state index contributed by atoms with van der Waals surface area (Å²) in [6, 6.07) is 2.51. The molecule has 0 aliphatic heterocycles. The summed E-state index contributed by atoms with van der Waals surface area (Å²) < 4.78 is 56.5. The monoisotopic (exact) mass is 298 g/mol. The molecule has 0 spiro atoms. The first-order chi connectivity index (χ1) is 8.47. The Bertz CT molecular complexity index is 462. The van der Waals surface area contributed by atoms with E-state index in [1.165, 1.54) is 0 Å². The third-order valence-electron chi connectivity index (χ3n) is 2.81. The summed E-state index contributed by atoms with van der Waals surface area (Å²) >= 11 is 0. The molecule has 98 valence electrons. The predicted molar refractivity (Wildman–Crippen MR) is 62.5 cm³/mol. The van der Waals surface area contributed by atoms with E-state index in [4.69, 9.17) is 4.74 Å². The zero-order valence-electron chi connectivity index (χ0n) is 10.6. The normalized spacial score (nSPS) is 18.8. The van der Waals surface area contributed by atoms with Crippen molar-refractivity contribution in [1.82, 2.24) is 0 Å². The summed E-state index contributed by atoms with van der Waals surface area (Å²) in [5.74, 6) is -1.20. The van der Waals surface area contributed by atoms with Crippen molar-refractivity contribution in [2.75, 3.05) is 0 Å². The second-order valence-electron chi connectivity index (χ2n) is 4.27. The number of benzene rings is 1. The van der Waals surface area contributed by atoms with Crippen LogP contribution in [0.2, 0.25) is 0 Å². The number of ether oxygens (including phenoxy) is 1. The van der Waals surface area contributed by atoms with Crippen LogP contribution in [-0.4, -0.2) is 13.1 Å². The Morgan fingerprint density at radius 1 is 1.21 bits per heavy atom. The minimum atomic E-state index is -5.28. The number of allylic oxidation sites excluding steroid dienone is 1. The standard InChI is InChI=1S/C12H12BF4O.K/c14-9-6-7-12(11(8-9)13(15,16)17)18-10-4-2-1-3-5-10;/h2,4,6-8,10H,1,3,5H2;/q-1;+1. The first kappa shape index (κ1) is 17.2. The number of halogens is 4. The van der Waals surface area contributed by atoms with Crippen LogP contribution < -0.4 is 61.6 Å². The molecular formula is C12H12BF4KO. The minimum Gasteiger partial charge on any atom is -0.489 e. The molecule has 0 fully saturated rings. The maximum absolute atomic E-state index is 12.9. The minimum absolute atomic E-state index is 0. The molecule has 0 bridgehead atoms. The molecule has 0 amide bonds. The van der Waals surface area contributed by atoms with Gasteiger partial charge >= 0.3 is 58.4 Å². The second-order valence-corrected chi connectivity index (χ2v) is 4.27. The van der Waals surface area contributed by atoms with Gasteiger partial charge in [-0.25, -0.2) is 4.39 Å². The quantitative estimate of drug-likeness (QED) is 0.445. The zero-order valence-corrected chi connectivity index (χ0v) is 13.7. The van der Waals surface area contributed by atoms with Crippen molar-refractivity contribution < 1.29 is 73.5 Å². The van der Waals surface area contributed by atoms with Crippen LogP contribution in [-0.2, 0) is 0 Å². The fourth-order valence-electron chi connectivity index (χ4n) is 1.92. The number of hydrogen-bond donors (Lipinski definition) is 0. The first-order valence-electron chi connectivity index (χ1n) is 5.79. The topological polar surface area (TPSA) is 9.23 Å². The Morgan fingerprint density at radius 3 is 2.53 bits per heavy atom. The van der Waals surface area contributed by atoms with E-state index in [0.29, 0.717) is 12.5 Å². The van der Waals surface area contributed by atoms with E-state index in [-0.39, 0.29) is 63.2 Å². The summed E-state index contributed by atoms with van der Waals surface area (Å²) in [5.41, 5.74) is -1.01. The molecule has 0 heterocycles. The largest absolute Gasteiger partial charge is 1.00 e. The Kier molecular flexibility index (Phi) is 6.59. The van der Waals surface area contributed by atoms with Gasteiger partial charge in [-0.15, -0.1) is 0 Å². The Morgan fingerprint density at radius 2 is 1.95 bits per heavy atom. The van der Waals surface area contributed by atoms with E-state index < -0.39 is 18.3 Å². The third-order valence-corrected chi connectivity index (χ3v) is 2.81. The molecule has 0 radical (unpaired) electrons. The van der Waals surface area contributed by atoms with Crippen molar-refractivity contribution >= 4 is 12.4 Å². The van der Waals surface area contributed by atoms with E-state index in [1.54, 1.807) is 6.08 Å². The van der Waals surface area contributed by atoms with Crippen LogP contribution in [0, 0.1) is 5.82 Å². The van der Waals surface area contributed by atoms with Crippen LogP contribution in [0.5, 0.6) is 5.75 Å². The molecule has 1 unspecified atom stereocenters. The maximum atomic E-state index is 12.9. The van der Waals surface area contributed by atoms with Gasteiger partial charge in [-0.2, -0.15) is 0 Å². The third kappa shape index (κ3) is 4.90. The van der Waals surface area contributed by atoms with Crippen LogP contribution in [0.3, 0.4) is 0 Å². The average molecular weight is 298 g/mol. The van der Waals surface area contributed by atoms with Gasteiger partial charge in [0.25, 0.3) is 0 Å². The second kappa shape index (κ2) is 7.26. The van der Waals surface area contributed by atoms with E-state index in [2.05, 4.69) is 0 Å². The van der Waals surface area contributed by atoms with Gasteiger partial charge < -0.3 is 17.7 Å². The van der Waals surface area contributed by atoms with E-state index in [0.717, 1.165) is 25.0 Å². The van der Waals surface area contributed by atoms with Crippen LogP contribution in [0.1, 0.15) is 19.3 Å². The summed E-state index contributed by atoms with van der Waals surface area (Å²) in [6.45, 7) is -5.28. The molecule has 1 atom stereocenters. The van der Waals surface area contributed by atoms with Gasteiger partial charge in [0.2, 0.25) is 0 Å². The molecule has 0 saturated carbocycles. The molecule has 0 N–H and O–H groups in total. The summed E-state index contributed by atoms with van der Waals surface area (Å²) in [6.07, 6.45) is 5.75. The zero-order chi connectivity index (χ0) is 13.2. The van der Waals surface area contributed by atoms with Gasteiger partial charge in [0, 0.05) is 0 Å². The smallest absolute Gasteiger partial charge is 0.489 e. The van der Waals surface area contributed by atoms with Crippen LogP contribution in [0.25, 0.3) is 0 Å². The fraction of sp³-hybridized carbons (Fsp3) is 0.333. The van der Waals surface area contributed by atoms with Gasteiger partial charge in [0.05, 0.1) is 5.75 Å². The molecule has 0 saturated heterocycles. The van der Waals surface area contributed by atoms with Gasteiger partial charge in [0.1, 0.15) is 11.9 Å². The molecule has 7 heteroatoms. The molecule has 1 aromatic rings. The Balaban J connectivity index is 0.00000180. The summed E-state index contributed by atoms with van der Waals surface area (Å²) in [4.78, 5) is 0. The predicted octanol–water partition coefficient (Wildman–Crippen LogP) is 0.372. The summed E-state index contributed by atoms with van der Waals surface area (Å²) in [7, 11) is 0. The molecule has 1 aliphatic carbocycles. The SMILES string of the molecule is Fc1ccc(OC2C=CCCC2)c([B-](F)(F)F)c1.[K+]. The van der Waals surface area contributed by atoms with E-state index in [1.807, 2.05) is 6.08 Å². The van der Waals surface area contributed by atoms with Gasteiger partial charge in [-0.3, -0.25) is 0 Å². The van der Waals surface area contributed by atoms with Gasteiger partial charge in [-0.05, 0) is 43.5 Å². The van der Waals surface area contributed by atoms with Crippen LogP contribution in [0.4, 0.5) is 17.3 Å². The van der Waals surface area contributed by atoms with Crippen molar-refractivity contribution in [2.45, 2.75) is 25.4 Å². The molecule has 2 rings (SSSR count). The summed E-state index contributed by atoms with van der Waals surface area (Å²) in [5, 5.41) is 0. The van der Waals surface area contributed by atoms with Crippen molar-refractivity contribution in [2.24, 2.45) is 0 Å². The van der Waals surface area contributed by atoms with Gasteiger partial charge in [0.15, 0.2) is 0 Å². The molecule has 19 heavy (non-hydrogen) atoms. The van der Waals surface area contributed by atoms with Crippen molar-refractivity contribution in [3.05, 3.63) is 36.2 Å². The fourth-order valence-corrected chi connectivity index (χ4v) is 1.92. The number of rotatable bonds is 3. The molecule has 1 aromatic carbocycles. The van der Waals surface area contributed by atoms with E-state index >= 15 is 0 Å². The Hall–Kier alpha value is 0.181. The first-order valence-corrected chi connectivity index (χ1v) is 5.79. The molecular weight excluding hydrogens is 286 g/mol. The van der Waals surface area contributed by atoms with Crippen molar-refractivity contribution in [1.29, 1.82) is 0 Å². The maximum Gasteiger partial charge on any atom is 1.00 e. The van der Waals surface area contributed by atoms with Gasteiger partial charge in [-0.1, -0.05) is 11.5 Å². The molecule has 1 aliphatic rings. The van der Waals surface area contributed by atoms with Crippen molar-refractivity contribution in [3.8, 4) is 5.75 Å². The number of hydrogen-bond acceptors (Lipinski definition) is 1. The average Bonchev–Trinajstić information content (AvgIpc) is 2.31. The van der Waals surface area contributed by atoms with Crippen LogP contribution >= 0.6 is 0 Å².